The van der Waals surface area contributed by atoms with Gasteiger partial charge in [-0.05, 0) is 19.9 Å². The fraction of sp³-hybridized carbons (Fsp3) is 0.417. The Morgan fingerprint density at radius 1 is 1.53 bits per heavy atom. The third-order valence-electron chi connectivity index (χ3n) is 2.27. The smallest absolute Gasteiger partial charge is 0.165 e. The first-order chi connectivity index (χ1) is 7.04. The fourth-order valence-electron chi connectivity index (χ4n) is 1.38. The number of aliphatic hydroxyl groups excluding tert-OH is 1. The molecule has 1 atom stereocenters. The summed E-state index contributed by atoms with van der Waals surface area (Å²) in [5.74, 6) is 0.494. The molecule has 3 nitrogen and oxygen atoms in total. The Balaban J connectivity index is 2.92. The van der Waals surface area contributed by atoms with Crippen LogP contribution in [0.4, 0.5) is 0 Å². The lowest BCUT2D eigenvalue weighted by Crippen LogP contribution is -2.18. The van der Waals surface area contributed by atoms with Gasteiger partial charge in [0.25, 0.3) is 0 Å². The van der Waals surface area contributed by atoms with E-state index >= 15 is 0 Å². The van der Waals surface area contributed by atoms with Crippen molar-refractivity contribution in [2.75, 3.05) is 7.11 Å². The van der Waals surface area contributed by atoms with Crippen LogP contribution in [0.5, 0.6) is 5.75 Å². The second-order valence-corrected chi connectivity index (χ2v) is 3.63. The molecule has 1 rings (SSSR count). The summed E-state index contributed by atoms with van der Waals surface area (Å²) in [5, 5.41) is 9.12. The molecule has 0 saturated heterocycles. The summed E-state index contributed by atoms with van der Waals surface area (Å²) in [6.45, 7) is 3.43. The molecule has 1 aromatic carbocycles. The van der Waals surface area contributed by atoms with Gasteiger partial charge in [0.05, 0.1) is 7.11 Å². The van der Waals surface area contributed by atoms with Crippen LogP contribution in [-0.2, 0) is 11.2 Å². The van der Waals surface area contributed by atoms with Gasteiger partial charge in [0.15, 0.2) is 5.78 Å². The molecule has 1 aromatic rings. The lowest BCUT2D eigenvalue weighted by molar-refractivity contribution is -0.125. The maximum absolute atomic E-state index is 11.4. The molecular formula is C12H16O3. The molecule has 1 N–H and O–H groups in total. The molecule has 0 aliphatic heterocycles. The Labute approximate surface area is 89.7 Å². The molecule has 82 valence electrons. The highest BCUT2D eigenvalue weighted by molar-refractivity contribution is 5.85. The topological polar surface area (TPSA) is 46.5 Å². The number of ether oxygens (including phenoxy) is 1. The minimum atomic E-state index is -0.921. The van der Waals surface area contributed by atoms with Crippen molar-refractivity contribution >= 4 is 5.78 Å². The van der Waals surface area contributed by atoms with Crippen LogP contribution in [0.1, 0.15) is 18.1 Å². The van der Waals surface area contributed by atoms with Crippen molar-refractivity contribution in [1.29, 1.82) is 0 Å². The average molecular weight is 208 g/mol. The van der Waals surface area contributed by atoms with Crippen LogP contribution in [-0.4, -0.2) is 24.1 Å². The summed E-state index contributed by atoms with van der Waals surface area (Å²) >= 11 is 0. The van der Waals surface area contributed by atoms with E-state index in [-0.39, 0.29) is 12.2 Å². The van der Waals surface area contributed by atoms with Crippen LogP contribution in [0.2, 0.25) is 0 Å². The lowest BCUT2D eigenvalue weighted by atomic mass is 10.0. The number of carbonyl (C=O) groups excluding carboxylic acids is 1. The molecule has 1 unspecified atom stereocenters. The highest BCUT2D eigenvalue weighted by Gasteiger charge is 2.13. The van der Waals surface area contributed by atoms with Gasteiger partial charge in [-0.15, -0.1) is 0 Å². The number of aryl methyl sites for hydroxylation is 1. The third kappa shape index (κ3) is 3.06. The molecule has 0 radical (unpaired) electrons. The second-order valence-electron chi connectivity index (χ2n) is 3.63. The molecule has 0 heterocycles. The first-order valence-corrected chi connectivity index (χ1v) is 4.89. The van der Waals surface area contributed by atoms with Gasteiger partial charge in [0.2, 0.25) is 0 Å². The summed E-state index contributed by atoms with van der Waals surface area (Å²) < 4.78 is 5.15. The molecule has 0 saturated carbocycles. The van der Waals surface area contributed by atoms with E-state index in [1.54, 1.807) is 7.11 Å². The number of hydrogen-bond acceptors (Lipinski definition) is 3. The van der Waals surface area contributed by atoms with Gasteiger partial charge in [-0.3, -0.25) is 4.79 Å². The largest absolute Gasteiger partial charge is 0.496 e. The highest BCUT2D eigenvalue weighted by Crippen LogP contribution is 2.20. The second kappa shape index (κ2) is 4.94. The van der Waals surface area contributed by atoms with Crippen molar-refractivity contribution < 1.29 is 14.6 Å². The van der Waals surface area contributed by atoms with Crippen molar-refractivity contribution in [2.24, 2.45) is 0 Å². The Morgan fingerprint density at radius 3 is 2.73 bits per heavy atom. The molecule has 3 heteroatoms. The van der Waals surface area contributed by atoms with E-state index in [9.17, 15) is 4.79 Å². The minimum Gasteiger partial charge on any atom is -0.496 e. The summed E-state index contributed by atoms with van der Waals surface area (Å²) in [6.07, 6.45) is -0.710. The lowest BCUT2D eigenvalue weighted by Gasteiger charge is -2.09. The van der Waals surface area contributed by atoms with Crippen LogP contribution in [0.3, 0.4) is 0 Å². The van der Waals surface area contributed by atoms with E-state index < -0.39 is 6.10 Å². The van der Waals surface area contributed by atoms with E-state index in [0.29, 0.717) is 5.75 Å². The van der Waals surface area contributed by atoms with Crippen LogP contribution < -0.4 is 4.74 Å². The minimum absolute atomic E-state index is 0.195. The highest BCUT2D eigenvalue weighted by atomic mass is 16.5. The number of methoxy groups -OCH3 is 1. The molecule has 0 aliphatic carbocycles. The maximum Gasteiger partial charge on any atom is 0.165 e. The maximum atomic E-state index is 11.4. The molecule has 0 aliphatic rings. The van der Waals surface area contributed by atoms with Gasteiger partial charge in [-0.25, -0.2) is 0 Å². The average Bonchev–Trinajstić information content (AvgIpc) is 2.18. The van der Waals surface area contributed by atoms with Crippen molar-refractivity contribution in [1.82, 2.24) is 0 Å². The predicted molar refractivity (Wildman–Crippen MR) is 58.1 cm³/mol. The van der Waals surface area contributed by atoms with Crippen molar-refractivity contribution in [2.45, 2.75) is 26.4 Å². The van der Waals surface area contributed by atoms with Crippen LogP contribution in [0.25, 0.3) is 0 Å². The molecule has 0 amide bonds. The van der Waals surface area contributed by atoms with Crippen molar-refractivity contribution in [3.8, 4) is 5.75 Å². The molecule has 0 bridgehead atoms. The summed E-state index contributed by atoms with van der Waals surface area (Å²) in [6, 6.07) is 5.66. The van der Waals surface area contributed by atoms with E-state index in [1.165, 1.54) is 6.92 Å². The van der Waals surface area contributed by atoms with Crippen LogP contribution in [0, 0.1) is 6.92 Å². The normalized spacial score (nSPS) is 12.3. The number of carbonyl (C=O) groups is 1. The van der Waals surface area contributed by atoms with E-state index in [1.807, 2.05) is 25.1 Å². The first kappa shape index (κ1) is 11.7. The quantitative estimate of drug-likeness (QED) is 0.815. The number of ketones is 1. The Kier molecular flexibility index (Phi) is 3.86. The monoisotopic (exact) mass is 208 g/mol. The van der Waals surface area contributed by atoms with E-state index in [0.717, 1.165) is 11.1 Å². The molecule has 15 heavy (non-hydrogen) atoms. The third-order valence-corrected chi connectivity index (χ3v) is 2.27. The Morgan fingerprint density at radius 2 is 2.20 bits per heavy atom. The summed E-state index contributed by atoms with van der Waals surface area (Å²) in [5.41, 5.74) is 1.90. The summed E-state index contributed by atoms with van der Waals surface area (Å²) in [7, 11) is 1.57. The fourth-order valence-corrected chi connectivity index (χ4v) is 1.38. The number of Topliss-reactive ketones (excluding diaryl/α,β-unsaturated/α-hetero) is 1. The number of aliphatic hydroxyl groups is 1. The molecule has 0 spiro atoms. The van der Waals surface area contributed by atoms with Gasteiger partial charge in [-0.1, -0.05) is 17.7 Å². The van der Waals surface area contributed by atoms with Crippen LogP contribution >= 0.6 is 0 Å². The van der Waals surface area contributed by atoms with Gasteiger partial charge in [0, 0.05) is 12.0 Å². The van der Waals surface area contributed by atoms with Gasteiger partial charge in [-0.2, -0.15) is 0 Å². The zero-order valence-electron chi connectivity index (χ0n) is 9.28. The van der Waals surface area contributed by atoms with E-state index in [4.69, 9.17) is 9.84 Å². The molecular weight excluding hydrogens is 192 g/mol. The number of benzene rings is 1. The van der Waals surface area contributed by atoms with Gasteiger partial charge in [0.1, 0.15) is 11.9 Å². The van der Waals surface area contributed by atoms with Crippen molar-refractivity contribution in [3.05, 3.63) is 29.3 Å². The van der Waals surface area contributed by atoms with Crippen LogP contribution in [0.15, 0.2) is 18.2 Å². The standard InChI is InChI=1S/C12H16O3/c1-8-4-5-12(15-3)10(6-8)7-11(14)9(2)13/h4-6,9,13H,7H2,1-3H3. The van der Waals surface area contributed by atoms with Gasteiger partial charge < -0.3 is 9.84 Å². The Hall–Kier alpha value is -1.35. The zero-order valence-corrected chi connectivity index (χ0v) is 9.28. The Bertz CT molecular complexity index is 356. The molecule has 0 fully saturated rings. The summed E-state index contributed by atoms with van der Waals surface area (Å²) in [4.78, 5) is 11.4. The van der Waals surface area contributed by atoms with Gasteiger partial charge >= 0.3 is 0 Å². The SMILES string of the molecule is COc1ccc(C)cc1CC(=O)C(C)O. The number of hydrogen-bond donors (Lipinski definition) is 1. The van der Waals surface area contributed by atoms with E-state index in [2.05, 4.69) is 0 Å². The zero-order chi connectivity index (χ0) is 11.4. The number of rotatable bonds is 4. The first-order valence-electron chi connectivity index (χ1n) is 4.89. The van der Waals surface area contributed by atoms with Crippen molar-refractivity contribution in [3.63, 3.8) is 0 Å². The molecule has 0 aromatic heterocycles. The predicted octanol–water partition coefficient (Wildman–Crippen LogP) is 1.50.